The van der Waals surface area contributed by atoms with Gasteiger partial charge in [-0.1, -0.05) is 36.8 Å². The van der Waals surface area contributed by atoms with Crippen LogP contribution in [0.1, 0.15) is 37.7 Å². The molecule has 2 heteroatoms. The summed E-state index contributed by atoms with van der Waals surface area (Å²) in [5, 5.41) is 3.55. The summed E-state index contributed by atoms with van der Waals surface area (Å²) in [5.74, 6) is 0. The summed E-state index contributed by atoms with van der Waals surface area (Å²) in [4.78, 5) is 2.77. The fourth-order valence-electron chi connectivity index (χ4n) is 3.86. The molecule has 0 saturated carbocycles. The van der Waals surface area contributed by atoms with Gasteiger partial charge in [-0.15, -0.1) is 0 Å². The molecule has 3 rings (SSSR count). The van der Waals surface area contributed by atoms with Crippen molar-refractivity contribution in [3.63, 3.8) is 0 Å². The third kappa shape index (κ3) is 2.32. The van der Waals surface area contributed by atoms with E-state index in [-0.39, 0.29) is 0 Å². The van der Waals surface area contributed by atoms with E-state index in [1.165, 1.54) is 37.7 Å². The van der Waals surface area contributed by atoms with E-state index in [1.54, 1.807) is 0 Å². The van der Waals surface area contributed by atoms with Crippen molar-refractivity contribution >= 4 is 0 Å². The average Bonchev–Trinajstić information content (AvgIpc) is 2.67. The maximum absolute atomic E-state index is 3.55. The lowest BCUT2D eigenvalue weighted by molar-refractivity contribution is 0.0720. The highest BCUT2D eigenvalue weighted by molar-refractivity contribution is 5.16. The van der Waals surface area contributed by atoms with Gasteiger partial charge in [0.15, 0.2) is 0 Å². The molecule has 0 amide bonds. The van der Waals surface area contributed by atoms with E-state index in [9.17, 15) is 0 Å². The Morgan fingerprint density at radius 1 is 1.11 bits per heavy atom. The molecular formula is C16H24N2. The van der Waals surface area contributed by atoms with Crippen LogP contribution in [-0.2, 0) is 6.42 Å². The molecule has 0 radical (unpaired) electrons. The van der Waals surface area contributed by atoms with Crippen LogP contribution < -0.4 is 5.32 Å². The van der Waals surface area contributed by atoms with E-state index in [1.807, 2.05) is 0 Å². The molecule has 3 atom stereocenters. The largest absolute Gasteiger partial charge is 0.305 e. The van der Waals surface area contributed by atoms with Crippen LogP contribution >= 0.6 is 0 Å². The number of fused-ring (bicyclic) bond motifs is 2. The minimum absolute atomic E-state index is 0.519. The van der Waals surface area contributed by atoms with E-state index in [4.69, 9.17) is 0 Å². The van der Waals surface area contributed by atoms with Crippen LogP contribution in [0.25, 0.3) is 0 Å². The van der Waals surface area contributed by atoms with Gasteiger partial charge in [0, 0.05) is 18.5 Å². The number of benzene rings is 1. The fraction of sp³-hybridized carbons (Fsp3) is 0.625. The van der Waals surface area contributed by atoms with Gasteiger partial charge in [-0.3, -0.25) is 4.90 Å². The zero-order chi connectivity index (χ0) is 12.4. The predicted molar refractivity (Wildman–Crippen MR) is 75.5 cm³/mol. The molecular weight excluding hydrogens is 220 g/mol. The van der Waals surface area contributed by atoms with Crippen molar-refractivity contribution in [3.05, 3.63) is 35.9 Å². The van der Waals surface area contributed by atoms with Crippen molar-refractivity contribution < 1.29 is 0 Å². The van der Waals surface area contributed by atoms with Crippen molar-refractivity contribution in [2.45, 2.75) is 56.8 Å². The molecule has 1 aromatic rings. The summed E-state index contributed by atoms with van der Waals surface area (Å²) in [5.41, 5.74) is 1.45. The van der Waals surface area contributed by atoms with Crippen LogP contribution in [0, 0.1) is 0 Å². The zero-order valence-corrected chi connectivity index (χ0v) is 11.3. The standard InChI is InChI=1S/C16H24N2/c1-17-16(12-13-6-3-2-4-7-13)18-14-8-5-9-15(18)11-10-14/h2-4,6-7,14-17H,5,8-12H2,1H3/t14-,15+,16?. The number of hydrogen-bond acceptors (Lipinski definition) is 2. The third-order valence-electron chi connectivity index (χ3n) is 4.72. The summed E-state index contributed by atoms with van der Waals surface area (Å²) < 4.78 is 0. The molecule has 0 aliphatic carbocycles. The second-order valence-corrected chi connectivity index (χ2v) is 5.76. The monoisotopic (exact) mass is 244 g/mol. The molecule has 98 valence electrons. The van der Waals surface area contributed by atoms with Gasteiger partial charge in [-0.05, 0) is 38.3 Å². The highest BCUT2D eigenvalue weighted by Gasteiger charge is 2.39. The van der Waals surface area contributed by atoms with Crippen LogP contribution in [0.15, 0.2) is 30.3 Å². The van der Waals surface area contributed by atoms with Gasteiger partial charge in [-0.2, -0.15) is 0 Å². The first-order valence-electron chi connectivity index (χ1n) is 7.37. The Balaban J connectivity index is 1.72. The number of nitrogens with zero attached hydrogens (tertiary/aromatic N) is 1. The van der Waals surface area contributed by atoms with Gasteiger partial charge in [0.2, 0.25) is 0 Å². The van der Waals surface area contributed by atoms with Crippen LogP contribution in [0.3, 0.4) is 0 Å². The van der Waals surface area contributed by atoms with Gasteiger partial charge in [0.25, 0.3) is 0 Å². The Labute approximate surface area is 110 Å². The van der Waals surface area contributed by atoms with Crippen LogP contribution in [0.5, 0.6) is 0 Å². The first kappa shape index (κ1) is 12.2. The molecule has 2 saturated heterocycles. The van der Waals surface area contributed by atoms with E-state index >= 15 is 0 Å². The topological polar surface area (TPSA) is 15.3 Å². The van der Waals surface area contributed by atoms with Gasteiger partial charge in [-0.25, -0.2) is 0 Å². The molecule has 2 aliphatic rings. The molecule has 0 aromatic heterocycles. The quantitative estimate of drug-likeness (QED) is 0.876. The number of hydrogen-bond donors (Lipinski definition) is 1. The third-order valence-corrected chi connectivity index (χ3v) is 4.72. The molecule has 2 heterocycles. The van der Waals surface area contributed by atoms with Crippen molar-refractivity contribution in [2.75, 3.05) is 7.05 Å². The normalized spacial score (nSPS) is 29.4. The average molecular weight is 244 g/mol. The number of rotatable bonds is 4. The molecule has 2 fully saturated rings. The second kappa shape index (κ2) is 5.41. The van der Waals surface area contributed by atoms with Crippen molar-refractivity contribution in [3.8, 4) is 0 Å². The number of likely N-dealkylation sites (N-methyl/N-ethyl adjacent to an activating group) is 1. The predicted octanol–water partition coefficient (Wildman–Crippen LogP) is 2.79. The van der Waals surface area contributed by atoms with Gasteiger partial charge in [0.1, 0.15) is 0 Å². The Hall–Kier alpha value is -0.860. The van der Waals surface area contributed by atoms with E-state index in [2.05, 4.69) is 47.6 Å². The minimum atomic E-state index is 0.519. The van der Waals surface area contributed by atoms with Crippen molar-refractivity contribution in [1.29, 1.82) is 0 Å². The first-order valence-corrected chi connectivity index (χ1v) is 7.37. The van der Waals surface area contributed by atoms with E-state index in [0.717, 1.165) is 18.5 Å². The smallest absolute Gasteiger partial charge is 0.0640 e. The number of piperidine rings is 1. The first-order chi connectivity index (χ1) is 8.88. The van der Waals surface area contributed by atoms with Crippen LogP contribution in [0.2, 0.25) is 0 Å². The highest BCUT2D eigenvalue weighted by Crippen LogP contribution is 2.37. The summed E-state index contributed by atoms with van der Waals surface area (Å²) >= 11 is 0. The fourth-order valence-corrected chi connectivity index (χ4v) is 3.86. The van der Waals surface area contributed by atoms with Gasteiger partial charge >= 0.3 is 0 Å². The van der Waals surface area contributed by atoms with Crippen LogP contribution in [0.4, 0.5) is 0 Å². The molecule has 18 heavy (non-hydrogen) atoms. The van der Waals surface area contributed by atoms with Crippen LogP contribution in [-0.4, -0.2) is 30.2 Å². The molecule has 1 N–H and O–H groups in total. The molecule has 2 nitrogen and oxygen atoms in total. The lowest BCUT2D eigenvalue weighted by Crippen LogP contribution is -2.53. The minimum Gasteiger partial charge on any atom is -0.305 e. The zero-order valence-electron chi connectivity index (χ0n) is 11.3. The Morgan fingerprint density at radius 2 is 1.78 bits per heavy atom. The summed E-state index contributed by atoms with van der Waals surface area (Å²) in [7, 11) is 2.11. The Morgan fingerprint density at radius 3 is 2.39 bits per heavy atom. The molecule has 2 aliphatic heterocycles. The molecule has 2 bridgehead atoms. The van der Waals surface area contributed by atoms with Crippen molar-refractivity contribution in [2.24, 2.45) is 0 Å². The van der Waals surface area contributed by atoms with Gasteiger partial charge < -0.3 is 5.32 Å². The molecule has 0 spiro atoms. The SMILES string of the molecule is CNC(Cc1ccccc1)N1[C@@H]2CCC[C@H]1CC2. The molecule has 1 unspecified atom stereocenters. The lowest BCUT2D eigenvalue weighted by Gasteiger charge is -2.40. The van der Waals surface area contributed by atoms with Gasteiger partial charge in [0.05, 0.1) is 6.17 Å². The summed E-state index contributed by atoms with van der Waals surface area (Å²) in [6, 6.07) is 12.6. The maximum atomic E-state index is 3.55. The lowest BCUT2D eigenvalue weighted by atomic mass is 10.00. The highest BCUT2D eigenvalue weighted by atomic mass is 15.3. The summed E-state index contributed by atoms with van der Waals surface area (Å²) in [6.45, 7) is 0. The number of nitrogens with one attached hydrogen (secondary N) is 1. The van der Waals surface area contributed by atoms with Crippen molar-refractivity contribution in [1.82, 2.24) is 10.2 Å². The Bertz CT molecular complexity index is 360. The van der Waals surface area contributed by atoms with E-state index < -0.39 is 0 Å². The van der Waals surface area contributed by atoms with E-state index in [0.29, 0.717) is 6.17 Å². The Kier molecular flexibility index (Phi) is 3.67. The maximum Gasteiger partial charge on any atom is 0.0640 e. The molecule has 1 aromatic carbocycles. The summed E-state index contributed by atoms with van der Waals surface area (Å²) in [6.07, 6.45) is 8.73. The second-order valence-electron chi connectivity index (χ2n) is 5.76.